The summed E-state index contributed by atoms with van der Waals surface area (Å²) in [6.45, 7) is 8.51. The van der Waals surface area contributed by atoms with Crippen LogP contribution in [0.25, 0.3) is 0 Å². The smallest absolute Gasteiger partial charge is 0.406 e. The van der Waals surface area contributed by atoms with Gasteiger partial charge in [0.1, 0.15) is 5.75 Å². The molecule has 1 heterocycles. The van der Waals surface area contributed by atoms with Crippen LogP contribution in [0.3, 0.4) is 0 Å². The summed E-state index contributed by atoms with van der Waals surface area (Å²) >= 11 is 0. The van der Waals surface area contributed by atoms with Crippen molar-refractivity contribution in [1.29, 1.82) is 0 Å². The van der Waals surface area contributed by atoms with Crippen LogP contribution in [0.4, 0.5) is 13.2 Å². The molecule has 0 aromatic heterocycles. The third-order valence-electron chi connectivity index (χ3n) is 3.91. The highest BCUT2D eigenvalue weighted by Crippen LogP contribution is 2.33. The molecule has 2 nitrogen and oxygen atoms in total. The highest BCUT2D eigenvalue weighted by atomic mass is 19.4. The molecule has 118 valence electrons. The normalized spacial score (nSPS) is 20.8. The van der Waals surface area contributed by atoms with E-state index in [1.165, 1.54) is 25.0 Å². The predicted molar refractivity (Wildman–Crippen MR) is 76.0 cm³/mol. The van der Waals surface area contributed by atoms with Gasteiger partial charge in [-0.05, 0) is 42.5 Å². The Labute approximate surface area is 123 Å². The third-order valence-corrected chi connectivity index (χ3v) is 3.91. The predicted octanol–water partition coefficient (Wildman–Crippen LogP) is 4.60. The van der Waals surface area contributed by atoms with Gasteiger partial charge < -0.3 is 4.74 Å². The summed E-state index contributed by atoms with van der Waals surface area (Å²) in [6.07, 6.45) is -2.27. The standard InChI is InChI=1S/C16H22F3NO/c1-15(2,3)14-5-4-10-20(14)11-12-6-8-13(9-7-12)21-16(17,18)19/h6-9,14H,4-5,10-11H2,1-3H3. The minimum atomic E-state index is -4.63. The Morgan fingerprint density at radius 2 is 1.76 bits per heavy atom. The Hall–Kier alpha value is -1.23. The molecule has 1 unspecified atom stereocenters. The van der Waals surface area contributed by atoms with Gasteiger partial charge in [0.25, 0.3) is 0 Å². The Balaban J connectivity index is 2.00. The second-order valence-electron chi connectivity index (χ2n) is 6.69. The first-order chi connectivity index (χ1) is 9.65. The third kappa shape index (κ3) is 4.63. The number of halogens is 3. The molecule has 1 aromatic carbocycles. The lowest BCUT2D eigenvalue weighted by Gasteiger charge is -2.35. The van der Waals surface area contributed by atoms with Crippen LogP contribution in [-0.2, 0) is 6.54 Å². The molecule has 2 rings (SSSR count). The van der Waals surface area contributed by atoms with Crippen molar-refractivity contribution in [2.24, 2.45) is 5.41 Å². The number of likely N-dealkylation sites (tertiary alicyclic amines) is 1. The monoisotopic (exact) mass is 301 g/mol. The van der Waals surface area contributed by atoms with E-state index >= 15 is 0 Å². The Morgan fingerprint density at radius 1 is 1.14 bits per heavy atom. The molecule has 0 radical (unpaired) electrons. The maximum absolute atomic E-state index is 12.1. The minimum absolute atomic E-state index is 0.167. The highest BCUT2D eigenvalue weighted by molar-refractivity contribution is 5.27. The van der Waals surface area contributed by atoms with Gasteiger partial charge in [0.15, 0.2) is 0 Å². The first-order valence-electron chi connectivity index (χ1n) is 7.24. The molecule has 0 bridgehead atoms. The summed E-state index contributed by atoms with van der Waals surface area (Å²) in [5.74, 6) is -0.167. The summed E-state index contributed by atoms with van der Waals surface area (Å²) in [6, 6.07) is 6.69. The van der Waals surface area contributed by atoms with Gasteiger partial charge in [-0.1, -0.05) is 32.9 Å². The minimum Gasteiger partial charge on any atom is -0.406 e. The first-order valence-corrected chi connectivity index (χ1v) is 7.24. The van der Waals surface area contributed by atoms with Crippen molar-refractivity contribution in [2.75, 3.05) is 6.54 Å². The largest absolute Gasteiger partial charge is 0.573 e. The van der Waals surface area contributed by atoms with Crippen molar-refractivity contribution in [3.8, 4) is 5.75 Å². The van der Waals surface area contributed by atoms with Crippen molar-refractivity contribution >= 4 is 0 Å². The number of rotatable bonds is 3. The van der Waals surface area contributed by atoms with Crippen molar-refractivity contribution in [1.82, 2.24) is 4.90 Å². The van der Waals surface area contributed by atoms with Crippen LogP contribution in [-0.4, -0.2) is 23.8 Å². The van der Waals surface area contributed by atoms with E-state index in [1.54, 1.807) is 12.1 Å². The van der Waals surface area contributed by atoms with Crippen LogP contribution < -0.4 is 4.74 Å². The van der Waals surface area contributed by atoms with Gasteiger partial charge in [0.05, 0.1) is 0 Å². The van der Waals surface area contributed by atoms with Crippen molar-refractivity contribution in [3.05, 3.63) is 29.8 Å². The highest BCUT2D eigenvalue weighted by Gasteiger charge is 2.34. The van der Waals surface area contributed by atoms with Gasteiger partial charge >= 0.3 is 6.36 Å². The van der Waals surface area contributed by atoms with Crippen LogP contribution in [0.1, 0.15) is 39.2 Å². The van der Waals surface area contributed by atoms with Crippen LogP contribution >= 0.6 is 0 Å². The van der Waals surface area contributed by atoms with Crippen LogP contribution in [0.5, 0.6) is 5.75 Å². The van der Waals surface area contributed by atoms with E-state index in [2.05, 4.69) is 30.4 Å². The molecule has 1 aliphatic heterocycles. The molecule has 1 aliphatic rings. The Kier molecular flexibility index (Phi) is 4.51. The van der Waals surface area contributed by atoms with Crippen molar-refractivity contribution in [3.63, 3.8) is 0 Å². The summed E-state index contributed by atoms with van der Waals surface area (Å²) < 4.78 is 40.3. The lowest BCUT2D eigenvalue weighted by Crippen LogP contribution is -2.38. The summed E-state index contributed by atoms with van der Waals surface area (Å²) in [5, 5.41) is 0. The number of hydrogen-bond donors (Lipinski definition) is 0. The number of ether oxygens (including phenoxy) is 1. The molecule has 1 aromatic rings. The zero-order valence-electron chi connectivity index (χ0n) is 12.7. The van der Waals surface area contributed by atoms with E-state index in [4.69, 9.17) is 0 Å². The Morgan fingerprint density at radius 3 is 2.29 bits per heavy atom. The number of benzene rings is 1. The van der Waals surface area contributed by atoms with E-state index in [1.807, 2.05) is 0 Å². The first kappa shape index (κ1) is 16.1. The molecule has 0 aliphatic carbocycles. The molecular weight excluding hydrogens is 279 g/mol. The maximum Gasteiger partial charge on any atom is 0.573 e. The van der Waals surface area contributed by atoms with E-state index in [0.717, 1.165) is 18.7 Å². The van der Waals surface area contributed by atoms with Gasteiger partial charge in [0.2, 0.25) is 0 Å². The molecule has 1 saturated heterocycles. The second-order valence-corrected chi connectivity index (χ2v) is 6.69. The molecule has 0 N–H and O–H groups in total. The molecule has 1 atom stereocenters. The number of nitrogens with zero attached hydrogens (tertiary/aromatic N) is 1. The van der Waals surface area contributed by atoms with Gasteiger partial charge in [0, 0.05) is 12.6 Å². The molecule has 5 heteroatoms. The van der Waals surface area contributed by atoms with Crippen LogP contribution in [0.2, 0.25) is 0 Å². The average molecular weight is 301 g/mol. The molecule has 21 heavy (non-hydrogen) atoms. The fourth-order valence-electron chi connectivity index (χ4n) is 3.03. The zero-order valence-corrected chi connectivity index (χ0v) is 12.7. The Bertz CT molecular complexity index is 462. The van der Waals surface area contributed by atoms with E-state index in [9.17, 15) is 13.2 Å². The van der Waals surface area contributed by atoms with Crippen molar-refractivity contribution < 1.29 is 17.9 Å². The lowest BCUT2D eigenvalue weighted by atomic mass is 9.85. The van der Waals surface area contributed by atoms with E-state index in [-0.39, 0.29) is 11.2 Å². The SMILES string of the molecule is CC(C)(C)C1CCCN1Cc1ccc(OC(F)(F)F)cc1. The molecule has 0 amide bonds. The van der Waals surface area contributed by atoms with Crippen molar-refractivity contribution in [2.45, 2.75) is 52.6 Å². The fraction of sp³-hybridized carbons (Fsp3) is 0.625. The summed E-state index contributed by atoms with van der Waals surface area (Å²) in [5.41, 5.74) is 1.23. The lowest BCUT2D eigenvalue weighted by molar-refractivity contribution is -0.274. The quantitative estimate of drug-likeness (QED) is 0.809. The fourth-order valence-corrected chi connectivity index (χ4v) is 3.03. The zero-order chi connectivity index (χ0) is 15.7. The molecule has 0 spiro atoms. The van der Waals surface area contributed by atoms with Crippen LogP contribution in [0.15, 0.2) is 24.3 Å². The maximum atomic E-state index is 12.1. The van der Waals surface area contributed by atoms with Gasteiger partial charge in [-0.25, -0.2) is 0 Å². The average Bonchev–Trinajstić information content (AvgIpc) is 2.77. The van der Waals surface area contributed by atoms with Gasteiger partial charge in [-0.15, -0.1) is 13.2 Å². The van der Waals surface area contributed by atoms with E-state index in [0.29, 0.717) is 6.04 Å². The molecule has 0 saturated carbocycles. The molecule has 1 fully saturated rings. The number of hydrogen-bond acceptors (Lipinski definition) is 2. The van der Waals surface area contributed by atoms with Gasteiger partial charge in [-0.3, -0.25) is 4.90 Å². The van der Waals surface area contributed by atoms with Gasteiger partial charge in [-0.2, -0.15) is 0 Å². The second kappa shape index (κ2) is 5.87. The summed E-state index contributed by atoms with van der Waals surface area (Å²) in [4.78, 5) is 2.42. The topological polar surface area (TPSA) is 12.5 Å². The van der Waals surface area contributed by atoms with E-state index < -0.39 is 6.36 Å². The molecular formula is C16H22F3NO. The summed E-state index contributed by atoms with van der Waals surface area (Å²) in [7, 11) is 0. The van der Waals surface area contributed by atoms with Crippen LogP contribution in [0, 0.1) is 5.41 Å². The number of alkyl halides is 3.